The van der Waals surface area contributed by atoms with E-state index in [0.29, 0.717) is 6.04 Å². The van der Waals surface area contributed by atoms with Gasteiger partial charge in [-0.1, -0.05) is 12.8 Å². The second-order valence-corrected chi connectivity index (χ2v) is 4.64. The number of rotatable bonds is 2. The van der Waals surface area contributed by atoms with Crippen LogP contribution in [0.3, 0.4) is 0 Å². The van der Waals surface area contributed by atoms with Crippen molar-refractivity contribution in [1.82, 2.24) is 10.3 Å². The molecule has 0 amide bonds. The lowest BCUT2D eigenvalue weighted by atomic mass is 10.1. The lowest BCUT2D eigenvalue weighted by Crippen LogP contribution is -2.29. The van der Waals surface area contributed by atoms with Crippen molar-refractivity contribution in [3.8, 4) is 0 Å². The summed E-state index contributed by atoms with van der Waals surface area (Å²) in [7, 11) is 0. The Balaban J connectivity index is 1.86. The van der Waals surface area contributed by atoms with Crippen molar-refractivity contribution in [2.75, 3.05) is 6.54 Å². The van der Waals surface area contributed by atoms with Crippen molar-refractivity contribution < 1.29 is 0 Å². The summed E-state index contributed by atoms with van der Waals surface area (Å²) in [6, 6.07) is 0.697. The highest BCUT2D eigenvalue weighted by atomic mass is 32.1. The predicted octanol–water partition coefficient (Wildman–Crippen LogP) is 2.22. The average molecular weight is 196 g/mol. The van der Waals surface area contributed by atoms with E-state index in [1.807, 2.05) is 11.7 Å². The summed E-state index contributed by atoms with van der Waals surface area (Å²) >= 11 is 1.77. The molecule has 2 rings (SSSR count). The van der Waals surface area contributed by atoms with Crippen LogP contribution in [-0.2, 0) is 6.42 Å². The van der Waals surface area contributed by atoms with Crippen LogP contribution in [0.2, 0.25) is 0 Å². The summed E-state index contributed by atoms with van der Waals surface area (Å²) in [5, 5.41) is 3.60. The zero-order chi connectivity index (χ0) is 8.93. The average Bonchev–Trinajstić information content (AvgIpc) is 2.49. The number of nitrogens with one attached hydrogen (secondary N) is 1. The minimum absolute atomic E-state index is 0.697. The van der Waals surface area contributed by atoms with Gasteiger partial charge in [0.2, 0.25) is 0 Å². The maximum absolute atomic E-state index is 4.10. The van der Waals surface area contributed by atoms with E-state index in [2.05, 4.69) is 10.3 Å². The fourth-order valence-electron chi connectivity index (χ4n) is 1.86. The molecule has 2 heterocycles. The fourth-order valence-corrected chi connectivity index (χ4v) is 2.54. The standard InChI is InChI=1S/C10H16N2S/c1-2-4-9(12-5-3-1)6-10-7-11-8-13-10/h7-9,12H,1-6H2. The van der Waals surface area contributed by atoms with Crippen LogP contribution in [0.25, 0.3) is 0 Å². The molecule has 0 saturated carbocycles. The summed E-state index contributed by atoms with van der Waals surface area (Å²) in [6.07, 6.45) is 8.63. The van der Waals surface area contributed by atoms with Crippen LogP contribution in [0.5, 0.6) is 0 Å². The summed E-state index contributed by atoms with van der Waals surface area (Å²) < 4.78 is 0. The summed E-state index contributed by atoms with van der Waals surface area (Å²) in [6.45, 7) is 1.20. The number of nitrogens with zero attached hydrogens (tertiary/aromatic N) is 1. The Labute approximate surface area is 83.4 Å². The second-order valence-electron chi connectivity index (χ2n) is 3.67. The molecule has 72 valence electrons. The molecular formula is C10H16N2S. The predicted molar refractivity (Wildman–Crippen MR) is 56.1 cm³/mol. The molecular weight excluding hydrogens is 180 g/mol. The molecule has 1 aromatic rings. The van der Waals surface area contributed by atoms with Gasteiger partial charge in [-0.2, -0.15) is 0 Å². The van der Waals surface area contributed by atoms with Crippen LogP contribution in [0.4, 0.5) is 0 Å². The zero-order valence-electron chi connectivity index (χ0n) is 7.83. The second kappa shape index (κ2) is 4.72. The molecule has 1 aliphatic heterocycles. The van der Waals surface area contributed by atoms with Gasteiger partial charge in [-0.3, -0.25) is 4.98 Å². The van der Waals surface area contributed by atoms with Gasteiger partial charge >= 0.3 is 0 Å². The van der Waals surface area contributed by atoms with E-state index in [9.17, 15) is 0 Å². The molecule has 0 bridgehead atoms. The Bertz CT molecular complexity index is 225. The number of hydrogen-bond acceptors (Lipinski definition) is 3. The Morgan fingerprint density at radius 3 is 3.31 bits per heavy atom. The maximum atomic E-state index is 4.10. The molecule has 0 aromatic carbocycles. The Morgan fingerprint density at radius 1 is 1.46 bits per heavy atom. The maximum Gasteiger partial charge on any atom is 0.0794 e. The number of hydrogen-bond donors (Lipinski definition) is 1. The fraction of sp³-hybridized carbons (Fsp3) is 0.700. The smallest absolute Gasteiger partial charge is 0.0794 e. The molecule has 0 aliphatic carbocycles. The first-order valence-corrected chi connectivity index (χ1v) is 5.94. The van der Waals surface area contributed by atoms with Crippen molar-refractivity contribution in [1.29, 1.82) is 0 Å². The first-order chi connectivity index (χ1) is 6.45. The summed E-state index contributed by atoms with van der Waals surface area (Å²) in [5.41, 5.74) is 1.92. The van der Waals surface area contributed by atoms with Crippen molar-refractivity contribution in [2.24, 2.45) is 0 Å². The van der Waals surface area contributed by atoms with Crippen LogP contribution < -0.4 is 5.32 Å². The molecule has 0 radical (unpaired) electrons. The Kier molecular flexibility index (Phi) is 3.33. The third-order valence-electron chi connectivity index (χ3n) is 2.59. The molecule has 1 saturated heterocycles. The van der Waals surface area contributed by atoms with E-state index >= 15 is 0 Å². The quantitative estimate of drug-likeness (QED) is 0.784. The van der Waals surface area contributed by atoms with Gasteiger partial charge in [0.25, 0.3) is 0 Å². The van der Waals surface area contributed by atoms with Crippen molar-refractivity contribution in [2.45, 2.75) is 38.1 Å². The van der Waals surface area contributed by atoms with Gasteiger partial charge < -0.3 is 5.32 Å². The normalized spacial score (nSPS) is 24.2. The van der Waals surface area contributed by atoms with Gasteiger partial charge in [-0.15, -0.1) is 11.3 Å². The molecule has 0 spiro atoms. The van der Waals surface area contributed by atoms with E-state index < -0.39 is 0 Å². The first kappa shape index (κ1) is 9.16. The van der Waals surface area contributed by atoms with Crippen molar-refractivity contribution in [3.63, 3.8) is 0 Å². The molecule has 13 heavy (non-hydrogen) atoms. The largest absolute Gasteiger partial charge is 0.314 e. The van der Waals surface area contributed by atoms with E-state index in [-0.39, 0.29) is 0 Å². The Morgan fingerprint density at radius 2 is 2.46 bits per heavy atom. The zero-order valence-corrected chi connectivity index (χ0v) is 8.65. The van der Waals surface area contributed by atoms with Gasteiger partial charge in [-0.05, 0) is 25.8 Å². The monoisotopic (exact) mass is 196 g/mol. The molecule has 2 nitrogen and oxygen atoms in total. The van der Waals surface area contributed by atoms with Crippen molar-refractivity contribution >= 4 is 11.3 Å². The van der Waals surface area contributed by atoms with E-state index in [0.717, 1.165) is 0 Å². The van der Waals surface area contributed by atoms with Gasteiger partial charge in [0, 0.05) is 17.1 Å². The molecule has 1 N–H and O–H groups in total. The van der Waals surface area contributed by atoms with Crippen LogP contribution in [0.15, 0.2) is 11.7 Å². The highest BCUT2D eigenvalue weighted by molar-refractivity contribution is 7.09. The Hall–Kier alpha value is -0.410. The first-order valence-electron chi connectivity index (χ1n) is 5.06. The van der Waals surface area contributed by atoms with Crippen LogP contribution in [-0.4, -0.2) is 17.6 Å². The SMILES string of the molecule is c1ncc(CC2CCCCCN2)s1. The lowest BCUT2D eigenvalue weighted by molar-refractivity contribution is 0.510. The molecule has 1 atom stereocenters. The highest BCUT2D eigenvalue weighted by Gasteiger charge is 2.12. The van der Waals surface area contributed by atoms with Crippen LogP contribution >= 0.6 is 11.3 Å². The summed E-state index contributed by atoms with van der Waals surface area (Å²) in [5.74, 6) is 0. The van der Waals surface area contributed by atoms with Gasteiger partial charge in [0.05, 0.1) is 5.51 Å². The molecule has 1 aliphatic rings. The molecule has 1 fully saturated rings. The van der Waals surface area contributed by atoms with Crippen LogP contribution in [0, 0.1) is 0 Å². The molecule has 1 unspecified atom stereocenters. The minimum Gasteiger partial charge on any atom is -0.314 e. The van der Waals surface area contributed by atoms with E-state index in [4.69, 9.17) is 0 Å². The molecule has 3 heteroatoms. The highest BCUT2D eigenvalue weighted by Crippen LogP contribution is 2.15. The lowest BCUT2D eigenvalue weighted by Gasteiger charge is -2.13. The van der Waals surface area contributed by atoms with E-state index in [1.54, 1.807) is 11.3 Å². The van der Waals surface area contributed by atoms with Crippen molar-refractivity contribution in [3.05, 3.63) is 16.6 Å². The minimum atomic E-state index is 0.697. The number of aromatic nitrogens is 1. The number of thiazole rings is 1. The summed E-state index contributed by atoms with van der Waals surface area (Å²) in [4.78, 5) is 5.52. The van der Waals surface area contributed by atoms with E-state index in [1.165, 1.54) is 43.5 Å². The van der Waals surface area contributed by atoms with Gasteiger partial charge in [-0.25, -0.2) is 0 Å². The van der Waals surface area contributed by atoms with Crippen LogP contribution in [0.1, 0.15) is 30.6 Å². The van der Waals surface area contributed by atoms with Gasteiger partial charge in [0.1, 0.15) is 0 Å². The molecule has 1 aromatic heterocycles. The van der Waals surface area contributed by atoms with Gasteiger partial charge in [0.15, 0.2) is 0 Å². The topological polar surface area (TPSA) is 24.9 Å². The third-order valence-corrected chi connectivity index (χ3v) is 3.40. The third kappa shape index (κ3) is 2.78.